The van der Waals surface area contributed by atoms with Crippen molar-refractivity contribution in [2.75, 3.05) is 25.1 Å². The zero-order valence-electron chi connectivity index (χ0n) is 19.8. The van der Waals surface area contributed by atoms with Crippen molar-refractivity contribution in [3.8, 4) is 5.75 Å². The Kier molecular flexibility index (Phi) is 7.79. The van der Waals surface area contributed by atoms with Gasteiger partial charge in [0.05, 0.1) is 7.11 Å². The Hall–Kier alpha value is -3.11. The smallest absolute Gasteiger partial charge is 0.258 e. The van der Waals surface area contributed by atoms with Gasteiger partial charge in [-0.2, -0.15) is 0 Å². The first-order chi connectivity index (χ1) is 16.1. The Morgan fingerprint density at radius 2 is 1.64 bits per heavy atom. The van der Waals surface area contributed by atoms with Crippen LogP contribution in [-0.4, -0.2) is 31.0 Å². The van der Waals surface area contributed by atoms with E-state index in [2.05, 4.69) is 54.3 Å². The third kappa shape index (κ3) is 6.02. The molecule has 0 N–H and O–H groups in total. The minimum atomic E-state index is 0.0330. The van der Waals surface area contributed by atoms with E-state index < -0.39 is 0 Å². The molecule has 0 spiro atoms. The van der Waals surface area contributed by atoms with Crippen LogP contribution in [0.1, 0.15) is 52.7 Å². The summed E-state index contributed by atoms with van der Waals surface area (Å²) in [6.45, 7) is 5.66. The molecule has 0 aromatic heterocycles. The Balaban J connectivity index is 1.64. The van der Waals surface area contributed by atoms with Gasteiger partial charge in [0.2, 0.25) is 0 Å². The van der Waals surface area contributed by atoms with Gasteiger partial charge in [-0.25, -0.2) is 0 Å². The quantitative estimate of drug-likeness (QED) is 0.480. The minimum absolute atomic E-state index is 0.0330. The van der Waals surface area contributed by atoms with E-state index in [4.69, 9.17) is 4.74 Å². The molecule has 1 heterocycles. The molecule has 0 aliphatic carbocycles. The van der Waals surface area contributed by atoms with Gasteiger partial charge in [0.15, 0.2) is 0 Å². The summed E-state index contributed by atoms with van der Waals surface area (Å²) in [5.74, 6) is 0.738. The Labute approximate surface area is 197 Å². The monoisotopic (exact) mass is 442 g/mol. The van der Waals surface area contributed by atoms with E-state index in [1.165, 1.54) is 29.5 Å². The second-order valence-corrected chi connectivity index (χ2v) is 8.93. The molecule has 33 heavy (non-hydrogen) atoms. The van der Waals surface area contributed by atoms with Crippen molar-refractivity contribution in [3.05, 3.63) is 95.1 Å². The summed E-state index contributed by atoms with van der Waals surface area (Å²) in [6, 6.07) is 24.7. The number of nitrogens with zero attached hydrogens (tertiary/aromatic N) is 2. The molecule has 0 saturated heterocycles. The van der Waals surface area contributed by atoms with Crippen LogP contribution in [0, 0.1) is 6.92 Å². The fourth-order valence-electron chi connectivity index (χ4n) is 4.52. The highest BCUT2D eigenvalue weighted by molar-refractivity contribution is 6.06. The van der Waals surface area contributed by atoms with Gasteiger partial charge < -0.3 is 9.64 Å². The van der Waals surface area contributed by atoms with E-state index in [9.17, 15) is 4.79 Å². The fraction of sp³-hybridized carbons (Fsp3) is 0.345. The Morgan fingerprint density at radius 1 is 0.879 bits per heavy atom. The SMILES string of the molecule is COc1cccc(C(=O)N2CCCCCCN(Cc3ccc(C)cc3)Cc3ccccc32)c1. The number of hydrogen-bond acceptors (Lipinski definition) is 3. The molecule has 1 aliphatic heterocycles. The first kappa shape index (κ1) is 23.1. The number of rotatable bonds is 4. The maximum absolute atomic E-state index is 13.6. The number of methoxy groups -OCH3 is 1. The number of carbonyl (C=O) groups excluding carboxylic acids is 1. The highest BCUT2D eigenvalue weighted by atomic mass is 16.5. The third-order valence-corrected chi connectivity index (χ3v) is 6.37. The van der Waals surface area contributed by atoms with Crippen molar-refractivity contribution in [3.63, 3.8) is 0 Å². The molecule has 4 heteroatoms. The molecule has 1 aliphatic rings. The number of benzene rings is 3. The number of amides is 1. The summed E-state index contributed by atoms with van der Waals surface area (Å²) < 4.78 is 5.36. The Bertz CT molecular complexity index is 1060. The van der Waals surface area contributed by atoms with Crippen LogP contribution < -0.4 is 9.64 Å². The number of carbonyl (C=O) groups is 1. The van der Waals surface area contributed by atoms with Gasteiger partial charge in [-0.1, -0.05) is 66.9 Å². The van der Waals surface area contributed by atoms with Crippen molar-refractivity contribution in [2.24, 2.45) is 0 Å². The second-order valence-electron chi connectivity index (χ2n) is 8.93. The van der Waals surface area contributed by atoms with Gasteiger partial charge >= 0.3 is 0 Å². The van der Waals surface area contributed by atoms with Crippen molar-refractivity contribution in [1.82, 2.24) is 4.90 Å². The lowest BCUT2D eigenvalue weighted by molar-refractivity contribution is 0.0986. The molecule has 0 radical (unpaired) electrons. The fourth-order valence-corrected chi connectivity index (χ4v) is 4.52. The van der Waals surface area contributed by atoms with Crippen molar-refractivity contribution in [2.45, 2.75) is 45.7 Å². The summed E-state index contributed by atoms with van der Waals surface area (Å²) in [5.41, 5.74) is 5.49. The standard InChI is InChI=1S/C29H34N2O2/c1-23-14-16-24(17-15-23)21-30-18-7-3-4-8-19-31(28-13-6-5-10-26(28)22-30)29(32)25-11-9-12-27(20-25)33-2/h5-6,9-17,20H,3-4,7-8,18-19,21-22H2,1-2H3. The van der Waals surface area contributed by atoms with Crippen LogP contribution in [0.3, 0.4) is 0 Å². The van der Waals surface area contributed by atoms with Gasteiger partial charge in [0, 0.05) is 30.9 Å². The van der Waals surface area contributed by atoms with Crippen LogP contribution in [0.25, 0.3) is 0 Å². The van der Waals surface area contributed by atoms with Gasteiger partial charge in [0.25, 0.3) is 5.91 Å². The van der Waals surface area contributed by atoms with Crippen molar-refractivity contribution >= 4 is 11.6 Å². The third-order valence-electron chi connectivity index (χ3n) is 6.37. The number of para-hydroxylation sites is 1. The number of ether oxygens (including phenoxy) is 1. The lowest BCUT2D eigenvalue weighted by Gasteiger charge is -2.28. The van der Waals surface area contributed by atoms with Gasteiger partial charge in [-0.15, -0.1) is 0 Å². The van der Waals surface area contributed by atoms with E-state index in [1.807, 2.05) is 35.2 Å². The van der Waals surface area contributed by atoms with Crippen molar-refractivity contribution < 1.29 is 9.53 Å². The summed E-state index contributed by atoms with van der Waals surface area (Å²) in [7, 11) is 1.63. The number of anilines is 1. The minimum Gasteiger partial charge on any atom is -0.497 e. The molecule has 0 fully saturated rings. The van der Waals surface area contributed by atoms with E-state index in [-0.39, 0.29) is 5.91 Å². The highest BCUT2D eigenvalue weighted by Crippen LogP contribution is 2.27. The summed E-state index contributed by atoms with van der Waals surface area (Å²) in [6.07, 6.45) is 4.49. The average Bonchev–Trinajstić information content (AvgIpc) is 2.88. The molecule has 0 atom stereocenters. The summed E-state index contributed by atoms with van der Waals surface area (Å²) in [5, 5.41) is 0. The molecule has 3 aromatic carbocycles. The predicted octanol–water partition coefficient (Wildman–Crippen LogP) is 6.23. The summed E-state index contributed by atoms with van der Waals surface area (Å²) in [4.78, 5) is 18.1. The number of fused-ring (bicyclic) bond motifs is 1. The van der Waals surface area contributed by atoms with E-state index in [0.29, 0.717) is 11.3 Å². The molecule has 3 aromatic rings. The molecule has 1 amide bonds. The molecule has 0 unspecified atom stereocenters. The predicted molar refractivity (Wildman–Crippen MR) is 135 cm³/mol. The molecule has 4 rings (SSSR count). The van der Waals surface area contributed by atoms with E-state index >= 15 is 0 Å². The first-order valence-corrected chi connectivity index (χ1v) is 12.0. The second kappa shape index (κ2) is 11.2. The molecule has 172 valence electrons. The summed E-state index contributed by atoms with van der Waals surface area (Å²) >= 11 is 0. The van der Waals surface area contributed by atoms with Crippen LogP contribution in [0.5, 0.6) is 5.75 Å². The van der Waals surface area contributed by atoms with Gasteiger partial charge in [-0.05, 0) is 61.7 Å². The van der Waals surface area contributed by atoms with Crippen LogP contribution in [0.2, 0.25) is 0 Å². The maximum Gasteiger partial charge on any atom is 0.258 e. The van der Waals surface area contributed by atoms with Gasteiger partial charge in [0.1, 0.15) is 5.75 Å². The molecule has 0 saturated carbocycles. The molecule has 4 nitrogen and oxygen atoms in total. The largest absolute Gasteiger partial charge is 0.497 e. The average molecular weight is 443 g/mol. The number of aryl methyl sites for hydroxylation is 1. The van der Waals surface area contributed by atoms with Gasteiger partial charge in [-0.3, -0.25) is 9.69 Å². The lowest BCUT2D eigenvalue weighted by atomic mass is 10.1. The van der Waals surface area contributed by atoms with Crippen LogP contribution >= 0.6 is 0 Å². The van der Waals surface area contributed by atoms with Crippen molar-refractivity contribution in [1.29, 1.82) is 0 Å². The maximum atomic E-state index is 13.6. The normalized spacial score (nSPS) is 15.4. The molecular weight excluding hydrogens is 408 g/mol. The van der Waals surface area contributed by atoms with Crippen LogP contribution in [-0.2, 0) is 13.1 Å². The number of hydrogen-bond donors (Lipinski definition) is 0. The van der Waals surface area contributed by atoms with E-state index in [0.717, 1.165) is 44.7 Å². The van der Waals surface area contributed by atoms with Crippen LogP contribution in [0.4, 0.5) is 5.69 Å². The van der Waals surface area contributed by atoms with Crippen LogP contribution in [0.15, 0.2) is 72.8 Å². The first-order valence-electron chi connectivity index (χ1n) is 12.0. The molecule has 0 bridgehead atoms. The Morgan fingerprint density at radius 3 is 2.42 bits per heavy atom. The lowest BCUT2D eigenvalue weighted by Crippen LogP contribution is -2.33. The highest BCUT2D eigenvalue weighted by Gasteiger charge is 2.22. The topological polar surface area (TPSA) is 32.8 Å². The zero-order valence-corrected chi connectivity index (χ0v) is 19.8. The zero-order chi connectivity index (χ0) is 23.0. The molecular formula is C29H34N2O2. The van der Waals surface area contributed by atoms with E-state index in [1.54, 1.807) is 7.11 Å².